The van der Waals surface area contributed by atoms with Gasteiger partial charge in [-0.2, -0.15) is 0 Å². The molecule has 7 heteroatoms. The zero-order valence-electron chi connectivity index (χ0n) is 14.3. The molecule has 2 atom stereocenters. The van der Waals surface area contributed by atoms with Gasteiger partial charge in [-0.05, 0) is 25.7 Å². The lowest BCUT2D eigenvalue weighted by molar-refractivity contribution is -0.152. The predicted molar refractivity (Wildman–Crippen MR) is 87.2 cm³/mol. The van der Waals surface area contributed by atoms with E-state index in [0.29, 0.717) is 38.6 Å². The van der Waals surface area contributed by atoms with E-state index in [1.807, 2.05) is 16.5 Å². The number of aryl methyl sites for hydroxylation is 2. The molecular weight excluding hydrogens is 308 g/mol. The van der Waals surface area contributed by atoms with Crippen LogP contribution in [0.25, 0.3) is 0 Å². The number of carboxylic acids is 1. The van der Waals surface area contributed by atoms with Crippen LogP contribution in [0.3, 0.4) is 0 Å². The van der Waals surface area contributed by atoms with Gasteiger partial charge in [0.1, 0.15) is 12.2 Å². The molecule has 3 rings (SSSR count). The maximum Gasteiger partial charge on any atom is 0.311 e. The molecule has 0 radical (unpaired) electrons. The van der Waals surface area contributed by atoms with E-state index in [2.05, 4.69) is 10.2 Å². The summed E-state index contributed by atoms with van der Waals surface area (Å²) in [6.07, 6.45) is 8.70. The SMILES string of the molecule is Cn1cnnc1CCCC(=O)N1CC[C@]2(C(=O)O)CCCCC[C@H]12. The number of aromatic nitrogens is 3. The van der Waals surface area contributed by atoms with Crippen LogP contribution >= 0.6 is 0 Å². The van der Waals surface area contributed by atoms with Crippen molar-refractivity contribution in [2.45, 2.75) is 63.8 Å². The van der Waals surface area contributed by atoms with Crippen LogP contribution in [0.15, 0.2) is 6.33 Å². The first kappa shape index (κ1) is 16.9. The van der Waals surface area contributed by atoms with Gasteiger partial charge in [-0.1, -0.05) is 19.3 Å². The number of amides is 1. The van der Waals surface area contributed by atoms with E-state index < -0.39 is 11.4 Å². The Morgan fingerprint density at radius 2 is 2.17 bits per heavy atom. The molecule has 0 bridgehead atoms. The molecule has 1 aliphatic carbocycles. The number of likely N-dealkylation sites (tertiary alicyclic amines) is 1. The van der Waals surface area contributed by atoms with Gasteiger partial charge in [0.2, 0.25) is 5.91 Å². The number of nitrogens with zero attached hydrogens (tertiary/aromatic N) is 4. The Hall–Kier alpha value is -1.92. The summed E-state index contributed by atoms with van der Waals surface area (Å²) in [5.74, 6) is 0.245. The molecule has 1 aliphatic heterocycles. The van der Waals surface area contributed by atoms with Crippen molar-refractivity contribution in [3.05, 3.63) is 12.2 Å². The van der Waals surface area contributed by atoms with Crippen molar-refractivity contribution in [3.63, 3.8) is 0 Å². The van der Waals surface area contributed by atoms with Crippen LogP contribution in [0.4, 0.5) is 0 Å². The third-order valence-electron chi connectivity index (χ3n) is 5.76. The van der Waals surface area contributed by atoms with E-state index in [1.54, 1.807) is 6.33 Å². The standard InChI is InChI=1S/C17H26N4O3/c1-20-12-18-19-14(20)7-5-8-15(22)21-11-10-17(16(23)24)9-4-2-3-6-13(17)21/h12-13H,2-11H2,1H3,(H,23,24)/t13-,17+/m0/s1. The van der Waals surface area contributed by atoms with Gasteiger partial charge in [0.25, 0.3) is 0 Å². The van der Waals surface area contributed by atoms with Gasteiger partial charge < -0.3 is 14.6 Å². The van der Waals surface area contributed by atoms with Crippen molar-refractivity contribution in [2.75, 3.05) is 6.54 Å². The van der Waals surface area contributed by atoms with Crippen LogP contribution in [-0.2, 0) is 23.1 Å². The molecule has 1 saturated carbocycles. The van der Waals surface area contributed by atoms with E-state index in [0.717, 1.165) is 31.5 Å². The summed E-state index contributed by atoms with van der Waals surface area (Å²) in [5, 5.41) is 17.7. The minimum absolute atomic E-state index is 0.0900. The number of fused-ring (bicyclic) bond motifs is 1. The molecular formula is C17H26N4O3. The fourth-order valence-corrected chi connectivity index (χ4v) is 4.35. The number of carboxylic acid groups (broad SMARTS) is 1. The molecule has 0 aromatic carbocycles. The first-order valence-electron chi connectivity index (χ1n) is 8.90. The molecule has 0 spiro atoms. The van der Waals surface area contributed by atoms with Crippen molar-refractivity contribution >= 4 is 11.9 Å². The molecule has 1 aromatic heterocycles. The summed E-state index contributed by atoms with van der Waals surface area (Å²) in [7, 11) is 1.89. The van der Waals surface area contributed by atoms with Crippen molar-refractivity contribution < 1.29 is 14.7 Å². The summed E-state index contributed by atoms with van der Waals surface area (Å²) in [6, 6.07) is -0.125. The van der Waals surface area contributed by atoms with Gasteiger partial charge in [-0.3, -0.25) is 9.59 Å². The molecule has 1 saturated heterocycles. The van der Waals surface area contributed by atoms with Crippen molar-refractivity contribution in [3.8, 4) is 0 Å². The fraction of sp³-hybridized carbons (Fsp3) is 0.765. The summed E-state index contributed by atoms with van der Waals surface area (Å²) >= 11 is 0. The highest BCUT2D eigenvalue weighted by molar-refractivity contribution is 5.81. The largest absolute Gasteiger partial charge is 0.481 e. The fourth-order valence-electron chi connectivity index (χ4n) is 4.35. The Bertz CT molecular complexity index is 615. The van der Waals surface area contributed by atoms with Crippen LogP contribution in [0, 0.1) is 5.41 Å². The van der Waals surface area contributed by atoms with Crippen LogP contribution in [0.2, 0.25) is 0 Å². The van der Waals surface area contributed by atoms with E-state index in [1.165, 1.54) is 0 Å². The summed E-state index contributed by atoms with van der Waals surface area (Å²) < 4.78 is 1.86. The molecule has 2 heterocycles. The van der Waals surface area contributed by atoms with Crippen LogP contribution in [-0.4, -0.2) is 49.2 Å². The van der Waals surface area contributed by atoms with Gasteiger partial charge in [0, 0.05) is 32.5 Å². The monoisotopic (exact) mass is 334 g/mol. The van der Waals surface area contributed by atoms with Gasteiger partial charge in [0.15, 0.2) is 0 Å². The molecule has 1 N–H and O–H groups in total. The second-order valence-corrected chi connectivity index (χ2v) is 7.13. The van der Waals surface area contributed by atoms with Crippen LogP contribution < -0.4 is 0 Å². The zero-order chi connectivity index (χ0) is 17.2. The van der Waals surface area contributed by atoms with Gasteiger partial charge in [-0.25, -0.2) is 0 Å². The number of carbonyl (C=O) groups is 2. The van der Waals surface area contributed by atoms with E-state index in [9.17, 15) is 14.7 Å². The molecule has 132 valence electrons. The van der Waals surface area contributed by atoms with Crippen LogP contribution in [0.5, 0.6) is 0 Å². The highest BCUT2D eigenvalue weighted by Crippen LogP contribution is 2.46. The predicted octanol–water partition coefficient (Wildman–Crippen LogP) is 1.77. The molecule has 1 amide bonds. The molecule has 0 unspecified atom stereocenters. The Morgan fingerprint density at radius 3 is 2.88 bits per heavy atom. The van der Waals surface area contributed by atoms with E-state index in [4.69, 9.17) is 0 Å². The van der Waals surface area contributed by atoms with Crippen molar-refractivity contribution in [1.82, 2.24) is 19.7 Å². The van der Waals surface area contributed by atoms with Gasteiger partial charge in [0.05, 0.1) is 5.41 Å². The maximum atomic E-state index is 12.7. The third-order valence-corrected chi connectivity index (χ3v) is 5.76. The molecule has 2 aliphatic rings. The lowest BCUT2D eigenvalue weighted by atomic mass is 9.76. The minimum Gasteiger partial charge on any atom is -0.481 e. The van der Waals surface area contributed by atoms with Gasteiger partial charge >= 0.3 is 5.97 Å². The number of hydrogen-bond acceptors (Lipinski definition) is 4. The Balaban J connectivity index is 1.62. The lowest BCUT2D eigenvalue weighted by Crippen LogP contribution is -2.46. The second-order valence-electron chi connectivity index (χ2n) is 7.13. The number of aliphatic carboxylic acids is 1. The van der Waals surface area contributed by atoms with E-state index >= 15 is 0 Å². The molecule has 1 aromatic rings. The molecule has 24 heavy (non-hydrogen) atoms. The molecule has 7 nitrogen and oxygen atoms in total. The lowest BCUT2D eigenvalue weighted by Gasteiger charge is -2.33. The first-order valence-corrected chi connectivity index (χ1v) is 8.90. The summed E-state index contributed by atoms with van der Waals surface area (Å²) in [6.45, 7) is 0.583. The molecule has 2 fully saturated rings. The van der Waals surface area contributed by atoms with Gasteiger partial charge in [-0.15, -0.1) is 10.2 Å². The van der Waals surface area contributed by atoms with E-state index in [-0.39, 0.29) is 11.9 Å². The maximum absolute atomic E-state index is 12.7. The highest BCUT2D eigenvalue weighted by Gasteiger charge is 2.53. The quantitative estimate of drug-likeness (QED) is 0.886. The third kappa shape index (κ3) is 3.03. The Labute approximate surface area is 142 Å². The zero-order valence-corrected chi connectivity index (χ0v) is 14.3. The minimum atomic E-state index is -0.719. The topological polar surface area (TPSA) is 88.3 Å². The Morgan fingerprint density at radius 1 is 1.33 bits per heavy atom. The second kappa shape index (κ2) is 6.91. The Kier molecular flexibility index (Phi) is 4.87. The number of carbonyl (C=O) groups excluding carboxylic acids is 1. The summed E-state index contributed by atoms with van der Waals surface area (Å²) in [5.41, 5.74) is -0.713. The first-order chi connectivity index (χ1) is 11.5. The van der Waals surface area contributed by atoms with Crippen LogP contribution in [0.1, 0.15) is 57.2 Å². The summed E-state index contributed by atoms with van der Waals surface area (Å²) in [4.78, 5) is 26.5. The average molecular weight is 334 g/mol. The average Bonchev–Trinajstić information content (AvgIpc) is 3.05. The van der Waals surface area contributed by atoms with Crippen molar-refractivity contribution in [2.24, 2.45) is 12.5 Å². The smallest absolute Gasteiger partial charge is 0.311 e. The normalized spacial score (nSPS) is 26.9. The van der Waals surface area contributed by atoms with Crippen molar-refractivity contribution in [1.29, 1.82) is 0 Å². The highest BCUT2D eigenvalue weighted by atomic mass is 16.4. The number of rotatable bonds is 5. The number of hydrogen-bond donors (Lipinski definition) is 1.